The summed E-state index contributed by atoms with van der Waals surface area (Å²) in [6.07, 6.45) is 1.51. The Morgan fingerprint density at radius 3 is 2.35 bits per heavy atom. The van der Waals surface area contributed by atoms with Gasteiger partial charge in [0, 0.05) is 57.5 Å². The van der Waals surface area contributed by atoms with Crippen LogP contribution in [0.1, 0.15) is 40.3 Å². The molecule has 0 unspecified atom stereocenters. The largest absolute Gasteiger partial charge is 0.490 e. The minimum absolute atomic E-state index is 0.0154. The zero-order chi connectivity index (χ0) is 19.0. The maximum absolute atomic E-state index is 12.8. The maximum Gasteiger partial charge on any atom is 0.257 e. The molecule has 140 valence electrons. The van der Waals surface area contributed by atoms with E-state index in [1.807, 2.05) is 38.8 Å². The van der Waals surface area contributed by atoms with Gasteiger partial charge in [-0.3, -0.25) is 14.3 Å². The summed E-state index contributed by atoms with van der Waals surface area (Å²) < 4.78 is 9.33. The lowest BCUT2D eigenvalue weighted by Crippen LogP contribution is -2.42. The first-order chi connectivity index (χ1) is 12.3. The molecule has 7 heteroatoms. The molecule has 0 saturated carbocycles. The van der Waals surface area contributed by atoms with Crippen LogP contribution in [-0.4, -0.2) is 44.3 Å². The van der Waals surface area contributed by atoms with E-state index in [0.29, 0.717) is 24.4 Å². The van der Waals surface area contributed by atoms with E-state index < -0.39 is 0 Å². The van der Waals surface area contributed by atoms with Gasteiger partial charge >= 0.3 is 0 Å². The number of piperidine rings is 1. The van der Waals surface area contributed by atoms with Gasteiger partial charge in [-0.1, -0.05) is 0 Å². The Kier molecular flexibility index (Phi) is 4.89. The molecule has 2 aromatic heterocycles. The van der Waals surface area contributed by atoms with Crippen LogP contribution in [-0.2, 0) is 14.1 Å². The maximum atomic E-state index is 12.8. The average molecular weight is 358 g/mol. The second kappa shape index (κ2) is 6.97. The molecule has 1 aliphatic rings. The van der Waals surface area contributed by atoms with Crippen molar-refractivity contribution in [3.8, 4) is 5.75 Å². The van der Waals surface area contributed by atoms with E-state index in [4.69, 9.17) is 4.74 Å². The van der Waals surface area contributed by atoms with E-state index in [9.17, 15) is 9.59 Å². The van der Waals surface area contributed by atoms with Gasteiger partial charge in [-0.25, -0.2) is 0 Å². The van der Waals surface area contributed by atoms with Gasteiger partial charge in [-0.2, -0.15) is 5.10 Å². The highest BCUT2D eigenvalue weighted by Crippen LogP contribution is 2.22. The molecular formula is C19H26N4O3. The number of aromatic nitrogens is 3. The molecule has 2 aromatic rings. The van der Waals surface area contributed by atoms with Crippen LogP contribution in [0.4, 0.5) is 0 Å². The van der Waals surface area contributed by atoms with Crippen LogP contribution >= 0.6 is 0 Å². The van der Waals surface area contributed by atoms with Crippen molar-refractivity contribution >= 4 is 5.91 Å². The zero-order valence-electron chi connectivity index (χ0n) is 16.1. The van der Waals surface area contributed by atoms with Crippen LogP contribution in [0.5, 0.6) is 5.75 Å². The Bertz CT molecular complexity index is 889. The summed E-state index contributed by atoms with van der Waals surface area (Å²) in [5, 5.41) is 4.33. The Morgan fingerprint density at radius 1 is 1.15 bits per heavy atom. The van der Waals surface area contributed by atoms with E-state index >= 15 is 0 Å². The van der Waals surface area contributed by atoms with Crippen molar-refractivity contribution in [3.05, 3.63) is 45.1 Å². The number of hydrogen-bond acceptors (Lipinski definition) is 4. The lowest BCUT2D eigenvalue weighted by molar-refractivity contribution is 0.0593. The van der Waals surface area contributed by atoms with E-state index in [-0.39, 0.29) is 17.6 Å². The number of hydrogen-bond donors (Lipinski definition) is 0. The quantitative estimate of drug-likeness (QED) is 0.838. The summed E-state index contributed by atoms with van der Waals surface area (Å²) in [6, 6.07) is 3.40. The molecule has 0 bridgehead atoms. The standard InChI is InChI=1S/C19H26N4O3/c1-12-10-16(11-17(24)21(12)4)26-15-6-8-23(9-7-15)19(25)18-13(2)20-22(5)14(18)3/h10-11,15H,6-9H2,1-5H3. The van der Waals surface area contributed by atoms with E-state index in [1.54, 1.807) is 16.3 Å². The number of rotatable bonds is 3. The summed E-state index contributed by atoms with van der Waals surface area (Å²) in [7, 11) is 3.60. The van der Waals surface area contributed by atoms with Crippen LogP contribution in [0.2, 0.25) is 0 Å². The SMILES string of the molecule is Cc1nn(C)c(C)c1C(=O)N1CCC(Oc2cc(C)n(C)c(=O)c2)CC1. The van der Waals surface area contributed by atoms with Gasteiger partial charge in [0.2, 0.25) is 0 Å². The highest BCUT2D eigenvalue weighted by Gasteiger charge is 2.28. The molecule has 0 radical (unpaired) electrons. The van der Waals surface area contributed by atoms with Crippen LogP contribution in [0.25, 0.3) is 0 Å². The molecule has 0 aromatic carbocycles. The number of aryl methyl sites for hydroxylation is 3. The van der Waals surface area contributed by atoms with Crippen molar-refractivity contribution in [1.82, 2.24) is 19.2 Å². The molecule has 1 fully saturated rings. The minimum atomic E-state index is -0.0739. The monoisotopic (exact) mass is 358 g/mol. The van der Waals surface area contributed by atoms with Crippen LogP contribution in [0.3, 0.4) is 0 Å². The van der Waals surface area contributed by atoms with Gasteiger partial charge in [0.25, 0.3) is 11.5 Å². The van der Waals surface area contributed by atoms with Crippen molar-refractivity contribution in [2.45, 2.75) is 39.7 Å². The first-order valence-corrected chi connectivity index (χ1v) is 8.91. The normalized spacial score (nSPS) is 15.3. The van der Waals surface area contributed by atoms with Crippen molar-refractivity contribution in [3.63, 3.8) is 0 Å². The Morgan fingerprint density at radius 2 is 1.81 bits per heavy atom. The predicted octanol–water partition coefficient (Wildman–Crippen LogP) is 1.73. The number of pyridine rings is 1. The highest BCUT2D eigenvalue weighted by atomic mass is 16.5. The number of carbonyl (C=O) groups excluding carboxylic acids is 1. The number of nitrogens with zero attached hydrogens (tertiary/aromatic N) is 4. The van der Waals surface area contributed by atoms with Gasteiger partial charge in [-0.15, -0.1) is 0 Å². The number of carbonyl (C=O) groups is 1. The fourth-order valence-electron chi connectivity index (χ4n) is 3.42. The molecule has 0 aliphatic carbocycles. The first kappa shape index (κ1) is 18.2. The summed E-state index contributed by atoms with van der Waals surface area (Å²) in [5.74, 6) is 0.644. The van der Waals surface area contributed by atoms with Gasteiger partial charge in [0.05, 0.1) is 11.3 Å². The lowest BCUT2D eigenvalue weighted by Gasteiger charge is -2.32. The smallest absolute Gasteiger partial charge is 0.257 e. The lowest BCUT2D eigenvalue weighted by atomic mass is 10.1. The van der Waals surface area contributed by atoms with Crippen LogP contribution in [0, 0.1) is 20.8 Å². The van der Waals surface area contributed by atoms with Crippen molar-refractivity contribution in [1.29, 1.82) is 0 Å². The highest BCUT2D eigenvalue weighted by molar-refractivity contribution is 5.96. The van der Waals surface area contributed by atoms with Gasteiger partial charge in [0.15, 0.2) is 0 Å². The molecule has 0 spiro atoms. The Balaban J connectivity index is 1.64. The molecule has 1 saturated heterocycles. The minimum Gasteiger partial charge on any atom is -0.490 e. The van der Waals surface area contributed by atoms with Gasteiger partial charge in [-0.05, 0) is 26.8 Å². The molecular weight excluding hydrogens is 332 g/mol. The summed E-state index contributed by atoms with van der Waals surface area (Å²) in [4.78, 5) is 26.6. The molecule has 3 rings (SSSR count). The summed E-state index contributed by atoms with van der Waals surface area (Å²) >= 11 is 0. The second-order valence-electron chi connectivity index (χ2n) is 7.01. The van der Waals surface area contributed by atoms with E-state index in [1.165, 1.54) is 6.07 Å². The van der Waals surface area contributed by atoms with Gasteiger partial charge < -0.3 is 14.2 Å². The first-order valence-electron chi connectivity index (χ1n) is 8.91. The zero-order valence-corrected chi connectivity index (χ0v) is 16.1. The van der Waals surface area contributed by atoms with Crippen LogP contribution in [0.15, 0.2) is 16.9 Å². The molecule has 7 nitrogen and oxygen atoms in total. The molecule has 26 heavy (non-hydrogen) atoms. The molecule has 1 amide bonds. The fraction of sp³-hybridized carbons (Fsp3) is 0.526. The average Bonchev–Trinajstić information content (AvgIpc) is 2.85. The second-order valence-corrected chi connectivity index (χ2v) is 7.01. The molecule has 1 aliphatic heterocycles. The van der Waals surface area contributed by atoms with Crippen molar-refractivity contribution < 1.29 is 9.53 Å². The number of likely N-dealkylation sites (tertiary alicyclic amines) is 1. The molecule has 0 atom stereocenters. The number of ether oxygens (including phenoxy) is 1. The van der Waals surface area contributed by atoms with E-state index in [0.717, 1.165) is 29.9 Å². The topological polar surface area (TPSA) is 69.4 Å². The van der Waals surface area contributed by atoms with Gasteiger partial charge in [0.1, 0.15) is 11.9 Å². The fourth-order valence-corrected chi connectivity index (χ4v) is 3.42. The molecule has 0 N–H and O–H groups in total. The summed E-state index contributed by atoms with van der Waals surface area (Å²) in [6.45, 7) is 6.95. The van der Waals surface area contributed by atoms with Crippen LogP contribution < -0.4 is 10.3 Å². The third-order valence-electron chi connectivity index (χ3n) is 5.23. The third-order valence-corrected chi connectivity index (χ3v) is 5.23. The Labute approximate surface area is 153 Å². The van der Waals surface area contributed by atoms with Crippen molar-refractivity contribution in [2.75, 3.05) is 13.1 Å². The Hall–Kier alpha value is -2.57. The molecule has 3 heterocycles. The summed E-state index contributed by atoms with van der Waals surface area (Å²) in [5.41, 5.74) is 3.15. The number of amides is 1. The predicted molar refractivity (Wildman–Crippen MR) is 98.7 cm³/mol. The third kappa shape index (κ3) is 3.38. The van der Waals surface area contributed by atoms with Crippen molar-refractivity contribution in [2.24, 2.45) is 14.1 Å². The van der Waals surface area contributed by atoms with E-state index in [2.05, 4.69) is 5.10 Å².